The van der Waals surface area contributed by atoms with E-state index in [1.807, 2.05) is 6.08 Å². The van der Waals surface area contributed by atoms with Crippen LogP contribution in [0.15, 0.2) is 97.2 Å². The molecule has 0 aliphatic carbocycles. The van der Waals surface area contributed by atoms with Crippen LogP contribution in [0.4, 0.5) is 0 Å². The first-order valence-corrected chi connectivity index (χ1v) is 31.7. The third kappa shape index (κ3) is 61.1. The smallest absolute Gasteiger partial charge is 0.306 e. The molecule has 0 rings (SSSR count). The van der Waals surface area contributed by atoms with Gasteiger partial charge >= 0.3 is 17.9 Å². The van der Waals surface area contributed by atoms with Gasteiger partial charge in [0.25, 0.3) is 0 Å². The first-order chi connectivity index (χ1) is 37.0. The van der Waals surface area contributed by atoms with Gasteiger partial charge in [0.15, 0.2) is 6.10 Å². The molecule has 6 heteroatoms. The SMILES string of the molecule is CC/C=C\C/C=C\C/C=C\C/C=C\CCC(=O)OCC(COC(=O)CCCCCCCCCC/C=C\C/C=C\C/C=C\CCCCCCC)OC(=O)CCCCCCCCCCC/C=C\CCCCCCCCCC. The van der Waals surface area contributed by atoms with Crippen molar-refractivity contribution in [2.75, 3.05) is 13.2 Å². The monoisotopic (exact) mass is 1040 g/mol. The van der Waals surface area contributed by atoms with Gasteiger partial charge in [0.1, 0.15) is 13.2 Å². The van der Waals surface area contributed by atoms with Gasteiger partial charge in [-0.2, -0.15) is 0 Å². The number of unbranched alkanes of at least 4 members (excludes halogenated alkanes) is 30. The normalized spacial score (nSPS) is 12.7. The Labute approximate surface area is 464 Å². The van der Waals surface area contributed by atoms with Gasteiger partial charge in [-0.3, -0.25) is 14.4 Å². The van der Waals surface area contributed by atoms with E-state index < -0.39 is 6.10 Å². The molecule has 0 saturated heterocycles. The van der Waals surface area contributed by atoms with Crippen LogP contribution >= 0.6 is 0 Å². The minimum absolute atomic E-state index is 0.104. The number of ether oxygens (including phenoxy) is 3. The van der Waals surface area contributed by atoms with E-state index in [1.165, 1.54) is 173 Å². The fourth-order valence-corrected chi connectivity index (χ4v) is 8.81. The van der Waals surface area contributed by atoms with Crippen molar-refractivity contribution in [3.05, 3.63) is 97.2 Å². The largest absolute Gasteiger partial charge is 0.462 e. The summed E-state index contributed by atoms with van der Waals surface area (Å²) in [5.41, 5.74) is 0. The summed E-state index contributed by atoms with van der Waals surface area (Å²) in [7, 11) is 0. The molecule has 0 saturated carbocycles. The summed E-state index contributed by atoms with van der Waals surface area (Å²) in [6, 6.07) is 0. The van der Waals surface area contributed by atoms with Crippen molar-refractivity contribution < 1.29 is 28.6 Å². The average molecular weight is 1040 g/mol. The summed E-state index contributed by atoms with van der Waals surface area (Å²) in [4.78, 5) is 38.2. The number of hydrogen-bond acceptors (Lipinski definition) is 6. The van der Waals surface area contributed by atoms with E-state index >= 15 is 0 Å². The van der Waals surface area contributed by atoms with Crippen molar-refractivity contribution in [1.29, 1.82) is 0 Å². The number of carbonyl (C=O) groups is 3. The summed E-state index contributed by atoms with van der Waals surface area (Å²) in [5.74, 6) is -0.990. The van der Waals surface area contributed by atoms with Gasteiger partial charge in [0.2, 0.25) is 0 Å². The number of rotatable bonds is 57. The molecule has 6 nitrogen and oxygen atoms in total. The predicted octanol–water partition coefficient (Wildman–Crippen LogP) is 21.7. The Bertz CT molecular complexity index is 1480. The van der Waals surface area contributed by atoms with Gasteiger partial charge in [-0.05, 0) is 109 Å². The van der Waals surface area contributed by atoms with Gasteiger partial charge in [-0.15, -0.1) is 0 Å². The van der Waals surface area contributed by atoms with Gasteiger partial charge in [0, 0.05) is 19.3 Å². The summed E-state index contributed by atoms with van der Waals surface area (Å²) in [5, 5.41) is 0. The third-order valence-electron chi connectivity index (χ3n) is 13.6. The molecule has 0 aromatic heterocycles. The molecular formula is C69H118O6. The Morgan fingerprint density at radius 2 is 0.547 bits per heavy atom. The fourth-order valence-electron chi connectivity index (χ4n) is 8.81. The van der Waals surface area contributed by atoms with E-state index in [2.05, 4.69) is 112 Å². The Hall–Kier alpha value is -3.67. The van der Waals surface area contributed by atoms with Gasteiger partial charge in [-0.1, -0.05) is 272 Å². The van der Waals surface area contributed by atoms with Crippen LogP contribution in [0.2, 0.25) is 0 Å². The van der Waals surface area contributed by atoms with Crippen LogP contribution in [0.5, 0.6) is 0 Å². The van der Waals surface area contributed by atoms with Crippen LogP contribution in [0.25, 0.3) is 0 Å². The lowest BCUT2D eigenvalue weighted by Gasteiger charge is -2.18. The molecule has 0 bridgehead atoms. The van der Waals surface area contributed by atoms with Crippen LogP contribution in [-0.2, 0) is 28.6 Å². The highest BCUT2D eigenvalue weighted by molar-refractivity contribution is 5.71. The molecule has 0 radical (unpaired) electrons. The van der Waals surface area contributed by atoms with E-state index in [-0.39, 0.29) is 37.5 Å². The topological polar surface area (TPSA) is 78.9 Å². The van der Waals surface area contributed by atoms with Crippen LogP contribution in [-0.4, -0.2) is 37.2 Å². The second-order valence-electron chi connectivity index (χ2n) is 20.9. The van der Waals surface area contributed by atoms with Crippen molar-refractivity contribution in [2.45, 2.75) is 309 Å². The van der Waals surface area contributed by atoms with Crippen molar-refractivity contribution in [3.8, 4) is 0 Å². The second-order valence-corrected chi connectivity index (χ2v) is 20.9. The van der Waals surface area contributed by atoms with E-state index in [0.29, 0.717) is 19.3 Å². The average Bonchev–Trinajstić information content (AvgIpc) is 3.41. The highest BCUT2D eigenvalue weighted by atomic mass is 16.6. The third-order valence-corrected chi connectivity index (χ3v) is 13.6. The van der Waals surface area contributed by atoms with Crippen LogP contribution in [0, 0.1) is 0 Å². The molecule has 0 spiro atoms. The standard InChI is InChI=1S/C69H118O6/c1-4-7-10-13-16-19-22-25-27-29-31-33-34-36-37-39-41-44-47-50-53-56-59-62-68(71)74-65-66(64-73-67(70)61-58-55-52-49-46-43-24-21-18-15-12-9-6-3)75-69(72)63-60-57-54-51-48-45-42-40-38-35-32-30-28-26-23-20-17-14-11-8-5-2/h9,12,18,21-22,25,29-32,34,36,43,46,52,55,66H,4-8,10-11,13-17,19-20,23-24,26-28,33,35,37-42,44-45,47-51,53-54,56-65H2,1-3H3/b12-9-,21-18-,25-22-,31-29-,32-30-,36-34-,46-43-,55-52-. The Morgan fingerprint density at radius 3 is 0.907 bits per heavy atom. The van der Waals surface area contributed by atoms with Crippen LogP contribution in [0.1, 0.15) is 303 Å². The van der Waals surface area contributed by atoms with E-state index in [4.69, 9.17) is 14.2 Å². The molecule has 0 amide bonds. The maximum Gasteiger partial charge on any atom is 0.306 e. The molecule has 75 heavy (non-hydrogen) atoms. The number of carbonyl (C=O) groups excluding carboxylic acids is 3. The lowest BCUT2D eigenvalue weighted by Crippen LogP contribution is -2.30. The van der Waals surface area contributed by atoms with Crippen molar-refractivity contribution >= 4 is 17.9 Å². The molecule has 1 atom stereocenters. The predicted molar refractivity (Wildman–Crippen MR) is 325 cm³/mol. The molecular weight excluding hydrogens is 925 g/mol. The zero-order chi connectivity index (χ0) is 54.3. The van der Waals surface area contributed by atoms with Crippen LogP contribution < -0.4 is 0 Å². The van der Waals surface area contributed by atoms with Crippen molar-refractivity contribution in [1.82, 2.24) is 0 Å². The Kier molecular flexibility index (Phi) is 59.8. The molecule has 0 aliphatic rings. The Morgan fingerprint density at radius 1 is 0.280 bits per heavy atom. The quantitative estimate of drug-likeness (QED) is 0.0261. The summed E-state index contributed by atoms with van der Waals surface area (Å²) < 4.78 is 16.8. The maximum atomic E-state index is 12.9. The zero-order valence-electron chi connectivity index (χ0n) is 49.3. The molecule has 0 aliphatic heterocycles. The highest BCUT2D eigenvalue weighted by Crippen LogP contribution is 2.16. The molecule has 0 heterocycles. The molecule has 0 N–H and O–H groups in total. The zero-order valence-corrected chi connectivity index (χ0v) is 49.3. The summed E-state index contributed by atoms with van der Waals surface area (Å²) >= 11 is 0. The highest BCUT2D eigenvalue weighted by Gasteiger charge is 2.19. The first kappa shape index (κ1) is 71.3. The lowest BCUT2D eigenvalue weighted by atomic mass is 10.1. The van der Waals surface area contributed by atoms with E-state index in [1.54, 1.807) is 0 Å². The number of allylic oxidation sites excluding steroid dienone is 16. The molecule has 0 aromatic carbocycles. The van der Waals surface area contributed by atoms with Crippen molar-refractivity contribution in [3.63, 3.8) is 0 Å². The lowest BCUT2D eigenvalue weighted by molar-refractivity contribution is -0.166. The first-order valence-electron chi connectivity index (χ1n) is 31.7. The number of hydrogen-bond donors (Lipinski definition) is 0. The molecule has 1 unspecified atom stereocenters. The molecule has 0 aromatic rings. The van der Waals surface area contributed by atoms with Gasteiger partial charge in [-0.25, -0.2) is 0 Å². The minimum Gasteiger partial charge on any atom is -0.462 e. The fraction of sp³-hybridized carbons (Fsp3) is 0.725. The van der Waals surface area contributed by atoms with E-state index in [0.717, 1.165) is 83.5 Å². The second kappa shape index (κ2) is 62.9. The Balaban J connectivity index is 4.39. The molecule has 430 valence electrons. The number of esters is 3. The molecule has 0 fully saturated rings. The summed E-state index contributed by atoms with van der Waals surface area (Å²) in [6.45, 7) is 6.46. The summed E-state index contributed by atoms with van der Waals surface area (Å²) in [6.07, 6.45) is 84.3. The van der Waals surface area contributed by atoms with Gasteiger partial charge < -0.3 is 14.2 Å². The van der Waals surface area contributed by atoms with Gasteiger partial charge in [0.05, 0.1) is 0 Å². The maximum absolute atomic E-state index is 12.9. The van der Waals surface area contributed by atoms with E-state index in [9.17, 15) is 14.4 Å². The minimum atomic E-state index is -0.812. The van der Waals surface area contributed by atoms with Crippen LogP contribution in [0.3, 0.4) is 0 Å². The van der Waals surface area contributed by atoms with Crippen molar-refractivity contribution in [2.24, 2.45) is 0 Å².